The van der Waals surface area contributed by atoms with Crippen LogP contribution in [0.1, 0.15) is 65.7 Å². The fourth-order valence-electron chi connectivity index (χ4n) is 7.52. The maximum absolute atomic E-state index is 10.6. The SMILES string of the molecule is [C-]#[N+]/C=C1/CC[C@H]2[C@@H]3CC=C4C[C@](C)(O)CC[C@]4(C)[C@H]3[C@@H](CO)C[C@]12C. The van der Waals surface area contributed by atoms with Crippen LogP contribution in [0.2, 0.25) is 0 Å². The molecule has 4 rings (SSSR count). The van der Waals surface area contributed by atoms with E-state index >= 15 is 0 Å². The lowest BCUT2D eigenvalue weighted by Gasteiger charge is -2.61. The second-order valence-electron chi connectivity index (χ2n) is 10.2. The number of aliphatic hydroxyl groups excluding tert-OH is 1. The Morgan fingerprint density at radius 3 is 2.73 bits per heavy atom. The minimum absolute atomic E-state index is 0.0843. The van der Waals surface area contributed by atoms with Gasteiger partial charge in [0.1, 0.15) is 0 Å². The van der Waals surface area contributed by atoms with Gasteiger partial charge in [-0.15, -0.1) is 0 Å². The van der Waals surface area contributed by atoms with E-state index in [1.165, 1.54) is 17.6 Å². The molecule has 3 nitrogen and oxygen atoms in total. The van der Waals surface area contributed by atoms with Crippen LogP contribution in [0.5, 0.6) is 0 Å². The van der Waals surface area contributed by atoms with Gasteiger partial charge in [-0.05, 0) is 86.4 Å². The number of fused-ring (bicyclic) bond motifs is 5. The third-order valence-corrected chi connectivity index (χ3v) is 8.76. The number of hydrogen-bond acceptors (Lipinski definition) is 2. The van der Waals surface area contributed by atoms with E-state index in [-0.39, 0.29) is 17.4 Å². The van der Waals surface area contributed by atoms with Crippen LogP contribution in [-0.2, 0) is 0 Å². The molecule has 0 aromatic heterocycles. The molecular weight excluding hydrogens is 322 g/mol. The first-order valence-electron chi connectivity index (χ1n) is 10.3. The molecule has 7 atom stereocenters. The molecule has 0 aromatic carbocycles. The second-order valence-corrected chi connectivity index (χ2v) is 10.2. The molecule has 0 heterocycles. The molecule has 0 radical (unpaired) electrons. The molecule has 0 aromatic rings. The predicted molar refractivity (Wildman–Crippen MR) is 103 cm³/mol. The summed E-state index contributed by atoms with van der Waals surface area (Å²) in [5.74, 6) is 2.03. The highest BCUT2D eigenvalue weighted by atomic mass is 16.3. The Kier molecular flexibility index (Phi) is 4.18. The molecule has 3 saturated carbocycles. The maximum atomic E-state index is 10.6. The normalized spacial score (nSPS) is 51.8. The van der Waals surface area contributed by atoms with Gasteiger partial charge >= 0.3 is 0 Å². The summed E-state index contributed by atoms with van der Waals surface area (Å²) in [5.41, 5.74) is 2.38. The molecule has 26 heavy (non-hydrogen) atoms. The van der Waals surface area contributed by atoms with E-state index in [4.69, 9.17) is 6.57 Å². The van der Waals surface area contributed by atoms with Gasteiger partial charge in [0.15, 0.2) is 6.20 Å². The van der Waals surface area contributed by atoms with Crippen LogP contribution in [0.25, 0.3) is 4.85 Å². The van der Waals surface area contributed by atoms with Crippen molar-refractivity contribution in [2.45, 2.75) is 71.3 Å². The minimum Gasteiger partial charge on any atom is -0.396 e. The topological polar surface area (TPSA) is 44.8 Å². The molecule has 0 amide bonds. The van der Waals surface area contributed by atoms with E-state index in [0.717, 1.165) is 38.5 Å². The highest BCUT2D eigenvalue weighted by Crippen LogP contribution is 2.68. The van der Waals surface area contributed by atoms with Gasteiger partial charge in [-0.2, -0.15) is 0 Å². The van der Waals surface area contributed by atoms with E-state index in [9.17, 15) is 10.2 Å². The van der Waals surface area contributed by atoms with Crippen molar-refractivity contribution in [2.24, 2.45) is 34.5 Å². The summed E-state index contributed by atoms with van der Waals surface area (Å²) in [6.07, 6.45) is 11.2. The van der Waals surface area contributed by atoms with Gasteiger partial charge in [0.2, 0.25) is 0 Å². The van der Waals surface area contributed by atoms with Crippen LogP contribution in [-0.4, -0.2) is 22.4 Å². The smallest absolute Gasteiger partial charge is 0.154 e. The summed E-state index contributed by atoms with van der Waals surface area (Å²) in [7, 11) is 0. The van der Waals surface area contributed by atoms with Gasteiger partial charge in [0, 0.05) is 6.61 Å². The van der Waals surface area contributed by atoms with Crippen molar-refractivity contribution < 1.29 is 10.2 Å². The zero-order valence-corrected chi connectivity index (χ0v) is 16.5. The molecule has 142 valence electrons. The van der Waals surface area contributed by atoms with Gasteiger partial charge in [0.25, 0.3) is 0 Å². The highest BCUT2D eigenvalue weighted by molar-refractivity contribution is 5.31. The van der Waals surface area contributed by atoms with Gasteiger partial charge in [-0.25, -0.2) is 4.85 Å². The molecule has 4 aliphatic carbocycles. The van der Waals surface area contributed by atoms with E-state index in [1.807, 2.05) is 6.92 Å². The van der Waals surface area contributed by atoms with Crippen LogP contribution in [0.15, 0.2) is 23.4 Å². The van der Waals surface area contributed by atoms with Crippen molar-refractivity contribution in [1.29, 1.82) is 0 Å². The molecule has 0 unspecified atom stereocenters. The number of aliphatic hydroxyl groups is 2. The predicted octanol–water partition coefficient (Wildman–Crippen LogP) is 4.72. The molecule has 0 saturated heterocycles. The maximum Gasteiger partial charge on any atom is 0.154 e. The van der Waals surface area contributed by atoms with Crippen LogP contribution in [0.3, 0.4) is 0 Å². The lowest BCUT2D eigenvalue weighted by Crippen LogP contribution is -2.55. The fourth-order valence-corrected chi connectivity index (χ4v) is 7.52. The Hall–Kier alpha value is -1.11. The Morgan fingerprint density at radius 1 is 1.27 bits per heavy atom. The third kappa shape index (κ3) is 2.45. The first-order valence-corrected chi connectivity index (χ1v) is 10.3. The molecule has 0 aliphatic heterocycles. The molecule has 0 spiro atoms. The summed E-state index contributed by atoms with van der Waals surface area (Å²) < 4.78 is 0. The Labute approximate surface area is 158 Å². The Balaban J connectivity index is 1.75. The zero-order chi connectivity index (χ0) is 18.7. The van der Waals surface area contributed by atoms with Gasteiger partial charge in [-0.3, -0.25) is 0 Å². The number of rotatable bonds is 1. The summed E-state index contributed by atoms with van der Waals surface area (Å²) in [6, 6.07) is 0. The zero-order valence-electron chi connectivity index (χ0n) is 16.5. The van der Waals surface area contributed by atoms with Crippen LogP contribution in [0, 0.1) is 41.1 Å². The monoisotopic (exact) mass is 355 g/mol. The molecule has 4 aliphatic rings. The quantitative estimate of drug-likeness (QED) is 0.528. The fraction of sp³-hybridized carbons (Fsp3) is 0.783. The Bertz CT molecular complexity index is 699. The Morgan fingerprint density at radius 2 is 2.04 bits per heavy atom. The summed E-state index contributed by atoms with van der Waals surface area (Å²) in [5, 5.41) is 20.9. The lowest BCUT2D eigenvalue weighted by atomic mass is 9.44. The molecular formula is C23H33NO2. The van der Waals surface area contributed by atoms with Gasteiger partial charge < -0.3 is 10.2 Å². The average molecular weight is 356 g/mol. The lowest BCUT2D eigenvalue weighted by molar-refractivity contribution is -0.0920. The van der Waals surface area contributed by atoms with Gasteiger partial charge in [-0.1, -0.05) is 31.1 Å². The molecule has 2 N–H and O–H groups in total. The number of nitrogens with zero attached hydrogens (tertiary/aromatic N) is 1. The van der Waals surface area contributed by atoms with Crippen molar-refractivity contribution in [1.82, 2.24) is 0 Å². The largest absolute Gasteiger partial charge is 0.396 e. The second kappa shape index (κ2) is 5.94. The van der Waals surface area contributed by atoms with Crippen LogP contribution < -0.4 is 0 Å². The minimum atomic E-state index is -0.574. The number of hydrogen-bond donors (Lipinski definition) is 2. The van der Waals surface area contributed by atoms with E-state index < -0.39 is 5.60 Å². The third-order valence-electron chi connectivity index (χ3n) is 8.76. The van der Waals surface area contributed by atoms with Crippen molar-refractivity contribution in [3.05, 3.63) is 34.8 Å². The molecule has 0 bridgehead atoms. The first-order chi connectivity index (χ1) is 12.2. The van der Waals surface area contributed by atoms with E-state index in [0.29, 0.717) is 23.7 Å². The number of allylic oxidation sites excluding steroid dienone is 2. The van der Waals surface area contributed by atoms with E-state index in [2.05, 4.69) is 24.8 Å². The summed E-state index contributed by atoms with van der Waals surface area (Å²) in [6.45, 7) is 14.3. The first kappa shape index (κ1) is 18.3. The van der Waals surface area contributed by atoms with Crippen molar-refractivity contribution >= 4 is 0 Å². The summed E-state index contributed by atoms with van der Waals surface area (Å²) in [4.78, 5) is 3.59. The van der Waals surface area contributed by atoms with E-state index in [1.54, 1.807) is 6.20 Å². The standard InChI is InChI=1S/C23H33NO2/c1-21(26)9-10-22(2)16(12-21)5-7-18-19-8-6-17(13-24-4)23(19,3)11-15(14-25)20(18)22/h5,13,15,18-20,25-26H,6-12,14H2,1-3H3/b17-13-/t15-,18+,19+,20+,21-,22+,23-/m1/s1. The average Bonchev–Trinajstić information content (AvgIpc) is 2.91. The molecule has 3 fully saturated rings. The molecule has 3 heteroatoms. The van der Waals surface area contributed by atoms with Crippen molar-refractivity contribution in [3.63, 3.8) is 0 Å². The van der Waals surface area contributed by atoms with Gasteiger partial charge in [0.05, 0.1) is 12.2 Å². The van der Waals surface area contributed by atoms with Crippen molar-refractivity contribution in [3.8, 4) is 0 Å². The van der Waals surface area contributed by atoms with Crippen molar-refractivity contribution in [2.75, 3.05) is 6.61 Å². The summed E-state index contributed by atoms with van der Waals surface area (Å²) >= 11 is 0. The highest BCUT2D eigenvalue weighted by Gasteiger charge is 2.60. The van der Waals surface area contributed by atoms with Crippen LogP contribution in [0.4, 0.5) is 0 Å². The van der Waals surface area contributed by atoms with Crippen LogP contribution >= 0.6 is 0 Å².